The summed E-state index contributed by atoms with van der Waals surface area (Å²) >= 11 is 6.21. The van der Waals surface area contributed by atoms with E-state index in [9.17, 15) is 24.3 Å². The highest BCUT2D eigenvalue weighted by Gasteiger charge is 2.37. The smallest absolute Gasteiger partial charge is 0.338 e. The van der Waals surface area contributed by atoms with Gasteiger partial charge in [-0.3, -0.25) is 9.59 Å². The molecule has 0 radical (unpaired) electrons. The van der Waals surface area contributed by atoms with Crippen LogP contribution >= 0.6 is 11.6 Å². The number of nitrogens with one attached hydrogen (secondary N) is 1. The summed E-state index contributed by atoms with van der Waals surface area (Å²) in [6.07, 6.45) is 4.61. The maximum Gasteiger partial charge on any atom is 0.338 e. The second-order valence-electron chi connectivity index (χ2n) is 9.21. The lowest BCUT2D eigenvalue weighted by molar-refractivity contribution is -0.135. The third-order valence-corrected chi connectivity index (χ3v) is 6.98. The number of carbonyl (C=O) groups excluding carboxylic acids is 3. The molecule has 0 saturated carbocycles. The molecular formula is C29H23ClN6O6. The number of carbonyl (C=O) groups is 4. The van der Waals surface area contributed by atoms with Crippen molar-refractivity contribution >= 4 is 47.1 Å². The van der Waals surface area contributed by atoms with Gasteiger partial charge in [0.2, 0.25) is 5.91 Å². The number of anilines is 1. The minimum atomic E-state index is -1.10. The Kier molecular flexibility index (Phi) is 8.07. The van der Waals surface area contributed by atoms with E-state index in [1.807, 2.05) is 0 Å². The zero-order valence-electron chi connectivity index (χ0n) is 22.1. The summed E-state index contributed by atoms with van der Waals surface area (Å²) in [7, 11) is 1.27. The number of hydrogen-bond donors (Lipinski definition) is 2. The number of tetrazole rings is 1. The molecule has 13 heteroatoms. The molecule has 5 rings (SSSR count). The Morgan fingerprint density at radius 2 is 1.88 bits per heavy atom. The van der Waals surface area contributed by atoms with Crippen LogP contribution in [0.4, 0.5) is 5.69 Å². The van der Waals surface area contributed by atoms with Crippen molar-refractivity contribution in [3.8, 4) is 5.69 Å². The fourth-order valence-electron chi connectivity index (χ4n) is 4.79. The van der Waals surface area contributed by atoms with Gasteiger partial charge >= 0.3 is 11.9 Å². The molecule has 2 amide bonds. The van der Waals surface area contributed by atoms with Gasteiger partial charge in [-0.05, 0) is 82.6 Å². The number of aromatic carboxylic acids is 1. The van der Waals surface area contributed by atoms with Gasteiger partial charge in [0, 0.05) is 28.9 Å². The first kappa shape index (κ1) is 28.2. The maximum atomic E-state index is 13.7. The van der Waals surface area contributed by atoms with Gasteiger partial charge in [-0.1, -0.05) is 23.7 Å². The lowest BCUT2D eigenvalue weighted by atomic mass is 9.88. The van der Waals surface area contributed by atoms with Crippen LogP contribution in [-0.2, 0) is 20.7 Å². The number of carboxylic acid groups (broad SMARTS) is 1. The van der Waals surface area contributed by atoms with Crippen molar-refractivity contribution < 1.29 is 29.0 Å². The molecule has 2 N–H and O–H groups in total. The molecule has 1 aliphatic rings. The number of methoxy groups -OCH3 is 1. The summed E-state index contributed by atoms with van der Waals surface area (Å²) in [5.41, 5.74) is 2.94. The number of carboxylic acids is 1. The van der Waals surface area contributed by atoms with Crippen molar-refractivity contribution in [1.82, 2.24) is 25.1 Å². The molecule has 4 aromatic rings. The predicted molar refractivity (Wildman–Crippen MR) is 151 cm³/mol. The van der Waals surface area contributed by atoms with Crippen molar-refractivity contribution in [2.45, 2.75) is 12.5 Å². The van der Waals surface area contributed by atoms with Crippen molar-refractivity contribution in [1.29, 1.82) is 0 Å². The van der Waals surface area contributed by atoms with Gasteiger partial charge < -0.3 is 20.1 Å². The lowest BCUT2D eigenvalue weighted by Crippen LogP contribution is -2.45. The first-order valence-electron chi connectivity index (χ1n) is 12.6. The van der Waals surface area contributed by atoms with Crippen LogP contribution in [0.25, 0.3) is 11.8 Å². The fourth-order valence-corrected chi connectivity index (χ4v) is 4.97. The molecular weight excluding hydrogens is 564 g/mol. The molecule has 2 heterocycles. The van der Waals surface area contributed by atoms with Gasteiger partial charge in [0.1, 0.15) is 12.4 Å². The average Bonchev–Trinajstić information content (AvgIpc) is 3.53. The monoisotopic (exact) mass is 586 g/mol. The minimum absolute atomic E-state index is 0.0581. The zero-order valence-corrected chi connectivity index (χ0v) is 22.9. The predicted octanol–water partition coefficient (Wildman–Crippen LogP) is 3.58. The van der Waals surface area contributed by atoms with Crippen molar-refractivity contribution in [2.75, 3.05) is 19.0 Å². The summed E-state index contributed by atoms with van der Waals surface area (Å²) in [6.45, 7) is 0.135. The molecule has 212 valence electrons. The summed E-state index contributed by atoms with van der Waals surface area (Å²) in [5.74, 6) is -2.66. The highest BCUT2D eigenvalue weighted by Crippen LogP contribution is 2.34. The number of ether oxygens (including phenoxy) is 1. The SMILES string of the molecule is COC(=O)c1cccc2c1CCN(C(=O)/C=C/c1cc(Cl)ccc1-n1cnnn1)C2C(=O)Nc1ccc(C(=O)O)cc1. The van der Waals surface area contributed by atoms with Gasteiger partial charge in [0.05, 0.1) is 23.9 Å². The van der Waals surface area contributed by atoms with Crippen LogP contribution in [-0.4, -0.2) is 67.6 Å². The summed E-state index contributed by atoms with van der Waals surface area (Å²) < 4.78 is 6.36. The highest BCUT2D eigenvalue weighted by molar-refractivity contribution is 6.30. The van der Waals surface area contributed by atoms with Crippen LogP contribution in [0.1, 0.15) is 43.4 Å². The molecule has 0 aliphatic carbocycles. The van der Waals surface area contributed by atoms with Gasteiger partial charge in [0.25, 0.3) is 5.91 Å². The Morgan fingerprint density at radius 3 is 2.57 bits per heavy atom. The molecule has 1 aliphatic heterocycles. The first-order chi connectivity index (χ1) is 20.3. The molecule has 12 nitrogen and oxygen atoms in total. The molecule has 0 spiro atoms. The normalized spacial score (nSPS) is 14.3. The summed E-state index contributed by atoms with van der Waals surface area (Å²) in [6, 6.07) is 14.5. The van der Waals surface area contributed by atoms with E-state index < -0.39 is 29.8 Å². The van der Waals surface area contributed by atoms with Crippen LogP contribution < -0.4 is 5.32 Å². The zero-order chi connectivity index (χ0) is 29.8. The lowest BCUT2D eigenvalue weighted by Gasteiger charge is -2.36. The van der Waals surface area contributed by atoms with Crippen LogP contribution in [0.15, 0.2) is 73.1 Å². The Hall–Kier alpha value is -5.36. The second-order valence-corrected chi connectivity index (χ2v) is 9.65. The van der Waals surface area contributed by atoms with Crippen molar-refractivity contribution in [2.24, 2.45) is 0 Å². The third-order valence-electron chi connectivity index (χ3n) is 6.75. The van der Waals surface area contributed by atoms with Gasteiger partial charge in [-0.25, -0.2) is 9.59 Å². The van der Waals surface area contributed by atoms with Crippen molar-refractivity contribution in [3.63, 3.8) is 0 Å². The number of aromatic nitrogens is 4. The van der Waals surface area contributed by atoms with Crippen LogP contribution in [0.5, 0.6) is 0 Å². The van der Waals surface area contributed by atoms with E-state index in [0.29, 0.717) is 45.1 Å². The van der Waals surface area contributed by atoms with E-state index in [0.717, 1.165) is 0 Å². The van der Waals surface area contributed by atoms with E-state index in [1.165, 1.54) is 53.4 Å². The Bertz CT molecular complexity index is 1700. The average molecular weight is 587 g/mol. The Labute approximate surface area is 244 Å². The fraction of sp³-hybridized carbons (Fsp3) is 0.138. The second kappa shape index (κ2) is 12.0. The molecule has 1 unspecified atom stereocenters. The van der Waals surface area contributed by atoms with Crippen LogP contribution in [0, 0.1) is 0 Å². The summed E-state index contributed by atoms with van der Waals surface area (Å²) in [5, 5.41) is 23.6. The molecule has 1 atom stereocenters. The molecule has 0 bridgehead atoms. The largest absolute Gasteiger partial charge is 0.478 e. The highest BCUT2D eigenvalue weighted by atomic mass is 35.5. The number of hydrogen-bond acceptors (Lipinski definition) is 8. The van der Waals surface area contributed by atoms with E-state index in [4.69, 9.17) is 16.3 Å². The molecule has 1 aromatic heterocycles. The topological polar surface area (TPSA) is 157 Å². The van der Waals surface area contributed by atoms with E-state index >= 15 is 0 Å². The van der Waals surface area contributed by atoms with Gasteiger partial charge in [0.15, 0.2) is 0 Å². The van der Waals surface area contributed by atoms with Crippen molar-refractivity contribution in [3.05, 3.63) is 106 Å². The Morgan fingerprint density at radius 1 is 1.10 bits per heavy atom. The van der Waals surface area contributed by atoms with Gasteiger partial charge in [-0.2, -0.15) is 4.68 Å². The molecule has 0 saturated heterocycles. The van der Waals surface area contributed by atoms with Gasteiger partial charge in [-0.15, -0.1) is 5.10 Å². The van der Waals surface area contributed by atoms with Crippen LogP contribution in [0.2, 0.25) is 5.02 Å². The number of halogens is 1. The van der Waals surface area contributed by atoms with Crippen LogP contribution in [0.3, 0.4) is 0 Å². The third kappa shape index (κ3) is 5.74. The van der Waals surface area contributed by atoms with E-state index in [2.05, 4.69) is 20.8 Å². The molecule has 3 aromatic carbocycles. The Balaban J connectivity index is 1.50. The number of rotatable bonds is 7. The number of esters is 1. The number of nitrogens with zero attached hydrogens (tertiary/aromatic N) is 5. The van der Waals surface area contributed by atoms with E-state index in [-0.39, 0.29) is 12.1 Å². The first-order valence-corrected chi connectivity index (χ1v) is 13.0. The number of amides is 2. The number of fused-ring (bicyclic) bond motifs is 1. The molecule has 42 heavy (non-hydrogen) atoms. The summed E-state index contributed by atoms with van der Waals surface area (Å²) in [4.78, 5) is 52.5. The molecule has 0 fully saturated rings. The standard InChI is InChI=1S/C29H23ClN6O6/c1-42-29(41)23-4-2-3-22-21(23)13-14-35(26(22)27(38)32-20-9-5-17(6-10-20)28(39)40)25(37)12-7-18-15-19(30)8-11-24(18)36-16-31-33-34-36/h2-12,15-16,26H,13-14H2,1H3,(H,32,38)(H,39,40)/b12-7+. The van der Waals surface area contributed by atoms with E-state index in [1.54, 1.807) is 42.5 Å². The quantitative estimate of drug-likeness (QED) is 0.244. The number of benzene rings is 3. The maximum absolute atomic E-state index is 13.7. The minimum Gasteiger partial charge on any atom is -0.478 e.